The molecular weight excluding hydrogens is 380 g/mol. The summed E-state index contributed by atoms with van der Waals surface area (Å²) >= 11 is 1.45. The van der Waals surface area contributed by atoms with Gasteiger partial charge >= 0.3 is 5.97 Å². The topological polar surface area (TPSA) is 126 Å². The molecule has 2 aromatic rings. The van der Waals surface area contributed by atoms with Crippen molar-refractivity contribution < 1.29 is 22.8 Å². The van der Waals surface area contributed by atoms with E-state index in [2.05, 4.69) is 14.9 Å². The van der Waals surface area contributed by atoms with E-state index in [9.17, 15) is 13.2 Å². The van der Waals surface area contributed by atoms with E-state index in [0.29, 0.717) is 24.2 Å². The molecule has 1 atom stereocenters. The number of benzene rings is 1. The van der Waals surface area contributed by atoms with Crippen molar-refractivity contribution in [3.63, 3.8) is 0 Å². The van der Waals surface area contributed by atoms with Crippen molar-refractivity contribution in [1.29, 1.82) is 0 Å². The van der Waals surface area contributed by atoms with E-state index < -0.39 is 16.0 Å². The van der Waals surface area contributed by atoms with Gasteiger partial charge in [-0.25, -0.2) is 23.3 Å². The Balaban J connectivity index is 1.77. The molecule has 140 valence electrons. The minimum Gasteiger partial charge on any atom is -0.464 e. The molecule has 0 fully saturated rings. The third-order valence-electron chi connectivity index (χ3n) is 3.88. The first-order valence-electron chi connectivity index (χ1n) is 7.80. The Morgan fingerprint density at radius 1 is 1.50 bits per heavy atom. The molecule has 1 aliphatic heterocycles. The number of carbonyl (C=O) groups is 1. The van der Waals surface area contributed by atoms with Crippen LogP contribution in [0.25, 0.3) is 11.0 Å². The first-order valence-corrected chi connectivity index (χ1v) is 10.3. The number of hydrogen-bond acceptors (Lipinski definition) is 8. The average Bonchev–Trinajstić information content (AvgIpc) is 3.21. The Labute approximate surface area is 154 Å². The highest BCUT2D eigenvalue weighted by Gasteiger charge is 2.27. The van der Waals surface area contributed by atoms with Gasteiger partial charge in [-0.05, 0) is 25.1 Å². The third kappa shape index (κ3) is 3.69. The molecule has 1 aromatic heterocycles. The van der Waals surface area contributed by atoms with Crippen LogP contribution in [-0.4, -0.2) is 48.6 Å². The summed E-state index contributed by atoms with van der Waals surface area (Å²) in [5.74, 6) is 0.0452. The number of methoxy groups -OCH3 is 1. The van der Waals surface area contributed by atoms with Gasteiger partial charge < -0.3 is 14.1 Å². The van der Waals surface area contributed by atoms with Crippen LogP contribution < -0.4 is 5.14 Å². The molecule has 0 radical (unpaired) electrons. The van der Waals surface area contributed by atoms with Crippen molar-refractivity contribution in [3.8, 4) is 0 Å². The second kappa shape index (κ2) is 7.25. The van der Waals surface area contributed by atoms with E-state index in [-0.39, 0.29) is 16.7 Å². The number of primary sulfonamides is 1. The fourth-order valence-electron chi connectivity index (χ4n) is 2.60. The van der Waals surface area contributed by atoms with E-state index in [0.717, 1.165) is 10.7 Å². The van der Waals surface area contributed by atoms with Crippen LogP contribution in [0.15, 0.2) is 33.4 Å². The quantitative estimate of drug-likeness (QED) is 0.570. The lowest BCUT2D eigenvalue weighted by Gasteiger charge is -2.08. The minimum atomic E-state index is -3.78. The molecule has 0 bridgehead atoms. The predicted octanol–water partition coefficient (Wildman–Crippen LogP) is 1.11. The van der Waals surface area contributed by atoms with Gasteiger partial charge in [0.05, 0.1) is 23.0 Å². The van der Waals surface area contributed by atoms with Gasteiger partial charge in [-0.2, -0.15) is 0 Å². The largest absolute Gasteiger partial charge is 0.464 e. The second-order valence-electron chi connectivity index (χ2n) is 5.61. The number of ether oxygens (including phenoxy) is 1. The first-order chi connectivity index (χ1) is 12.3. The Kier molecular flexibility index (Phi) is 5.21. The second-order valence-corrected chi connectivity index (χ2v) is 8.15. The van der Waals surface area contributed by atoms with Crippen LogP contribution in [0, 0.1) is 0 Å². The number of imidazole rings is 1. The molecule has 26 heavy (non-hydrogen) atoms. The molecule has 9 nitrogen and oxygen atoms in total. The van der Waals surface area contributed by atoms with Crippen LogP contribution in [0.2, 0.25) is 0 Å². The number of thioether (sulfide) groups is 1. The number of esters is 1. The van der Waals surface area contributed by atoms with Gasteiger partial charge in [0.2, 0.25) is 10.0 Å². The molecule has 0 amide bonds. The van der Waals surface area contributed by atoms with Crippen LogP contribution in [-0.2, 0) is 30.9 Å². The average molecular weight is 398 g/mol. The number of nitrogens with zero attached hydrogens (tertiary/aromatic N) is 3. The van der Waals surface area contributed by atoms with Crippen LogP contribution in [0.5, 0.6) is 0 Å². The summed E-state index contributed by atoms with van der Waals surface area (Å²) in [5, 5.41) is 9.65. The van der Waals surface area contributed by atoms with Crippen LogP contribution in [0.1, 0.15) is 13.3 Å². The molecular formula is C15H18N4O5S2. The van der Waals surface area contributed by atoms with Gasteiger partial charge in [0.1, 0.15) is 6.10 Å². The lowest BCUT2D eigenvalue weighted by molar-refractivity contribution is -0.132. The Morgan fingerprint density at radius 2 is 2.27 bits per heavy atom. The maximum atomic E-state index is 11.5. The van der Waals surface area contributed by atoms with Crippen molar-refractivity contribution in [3.05, 3.63) is 18.2 Å². The fourth-order valence-corrected chi connectivity index (χ4v) is 4.20. The molecule has 3 rings (SSSR count). The van der Waals surface area contributed by atoms with Crippen molar-refractivity contribution in [1.82, 2.24) is 9.55 Å². The number of oxime groups is 1. The van der Waals surface area contributed by atoms with Crippen LogP contribution >= 0.6 is 11.8 Å². The van der Waals surface area contributed by atoms with Crippen LogP contribution in [0.4, 0.5) is 0 Å². The van der Waals surface area contributed by atoms with Crippen molar-refractivity contribution in [2.24, 2.45) is 10.3 Å². The summed E-state index contributed by atoms with van der Waals surface area (Å²) in [6.45, 7) is 2.65. The molecule has 1 aliphatic rings. The summed E-state index contributed by atoms with van der Waals surface area (Å²) in [6, 6.07) is 4.63. The van der Waals surface area contributed by atoms with Gasteiger partial charge in [0.15, 0.2) is 10.9 Å². The standard InChI is InChI=1S/C15H18N4O5S2/c1-3-19-13-5-4-10(26(16,21)22)7-11(13)17-15(19)25-8-9-6-12(18-24-9)14(20)23-2/h4-5,7,9H,3,6,8H2,1-2H3,(H2,16,21,22)/t9-/m0/s1. The number of rotatable bonds is 6. The van der Waals surface area contributed by atoms with E-state index >= 15 is 0 Å². The van der Waals surface area contributed by atoms with Crippen molar-refractivity contribution in [2.75, 3.05) is 12.9 Å². The molecule has 0 saturated carbocycles. The lowest BCUT2D eigenvalue weighted by atomic mass is 10.2. The van der Waals surface area contributed by atoms with E-state index in [1.807, 2.05) is 11.5 Å². The number of carbonyl (C=O) groups excluding carboxylic acids is 1. The van der Waals surface area contributed by atoms with Gasteiger partial charge in [-0.1, -0.05) is 16.9 Å². The summed E-state index contributed by atoms with van der Waals surface area (Å²) in [7, 11) is -2.48. The number of hydrogen-bond donors (Lipinski definition) is 1. The maximum absolute atomic E-state index is 11.5. The molecule has 0 saturated heterocycles. The maximum Gasteiger partial charge on any atom is 0.355 e. The van der Waals surface area contributed by atoms with Gasteiger partial charge in [0, 0.05) is 18.7 Å². The predicted molar refractivity (Wildman–Crippen MR) is 96.4 cm³/mol. The first kappa shape index (κ1) is 18.7. The Morgan fingerprint density at radius 3 is 2.92 bits per heavy atom. The summed E-state index contributed by atoms with van der Waals surface area (Å²) < 4.78 is 29.6. The highest BCUT2D eigenvalue weighted by atomic mass is 32.2. The zero-order valence-corrected chi connectivity index (χ0v) is 15.8. The van der Waals surface area contributed by atoms with Gasteiger partial charge in [0.25, 0.3) is 0 Å². The number of nitrogens with two attached hydrogens (primary N) is 1. The van der Waals surface area contributed by atoms with E-state index in [1.54, 1.807) is 6.07 Å². The third-order valence-corrected chi connectivity index (χ3v) is 5.90. The SMILES string of the molecule is CCn1c(SC[C@@H]2CC(C(=O)OC)=NO2)nc2cc(S(N)(=O)=O)ccc21. The normalized spacial score (nSPS) is 17.2. The molecule has 0 aliphatic carbocycles. The monoisotopic (exact) mass is 398 g/mol. The summed E-state index contributed by atoms with van der Waals surface area (Å²) in [4.78, 5) is 21.2. The zero-order valence-electron chi connectivity index (χ0n) is 14.2. The smallest absolute Gasteiger partial charge is 0.355 e. The Hall–Kier alpha value is -2.11. The highest BCUT2D eigenvalue weighted by Crippen LogP contribution is 2.28. The summed E-state index contributed by atoms with van der Waals surface area (Å²) in [5.41, 5.74) is 1.64. The van der Waals surface area contributed by atoms with E-state index in [1.165, 1.54) is 31.0 Å². The lowest BCUT2D eigenvalue weighted by Crippen LogP contribution is -2.18. The number of sulfonamides is 1. The van der Waals surface area contributed by atoms with Gasteiger partial charge in [-0.15, -0.1) is 0 Å². The van der Waals surface area contributed by atoms with E-state index in [4.69, 9.17) is 9.98 Å². The highest BCUT2D eigenvalue weighted by molar-refractivity contribution is 7.99. The number of fused-ring (bicyclic) bond motifs is 1. The van der Waals surface area contributed by atoms with Crippen molar-refractivity contribution in [2.45, 2.75) is 36.0 Å². The Bertz CT molecular complexity index is 983. The molecule has 0 spiro atoms. The van der Waals surface area contributed by atoms with Crippen molar-refractivity contribution >= 4 is 44.5 Å². The molecule has 11 heteroatoms. The minimum absolute atomic E-state index is 0.0255. The van der Waals surface area contributed by atoms with Gasteiger partial charge in [-0.3, -0.25) is 0 Å². The molecule has 1 aromatic carbocycles. The number of aromatic nitrogens is 2. The molecule has 2 N–H and O–H groups in total. The molecule has 2 heterocycles. The number of aryl methyl sites for hydroxylation is 1. The molecule has 0 unspecified atom stereocenters. The van der Waals surface area contributed by atoms with Crippen LogP contribution in [0.3, 0.4) is 0 Å². The zero-order chi connectivity index (χ0) is 18.9. The summed E-state index contributed by atoms with van der Waals surface area (Å²) in [6.07, 6.45) is 0.126. The fraction of sp³-hybridized carbons (Fsp3) is 0.400.